The molecule has 1 atom stereocenters. The van der Waals surface area contributed by atoms with Gasteiger partial charge in [0.05, 0.1) is 18.3 Å². The van der Waals surface area contributed by atoms with Crippen LogP contribution in [0.15, 0.2) is 27.6 Å². The largest absolute Gasteiger partial charge is 0.374 e. The number of rotatable bonds is 3. The van der Waals surface area contributed by atoms with E-state index in [0.717, 1.165) is 17.6 Å². The molecule has 0 saturated carbocycles. The van der Waals surface area contributed by atoms with Crippen molar-refractivity contribution in [1.82, 2.24) is 10.2 Å². The molecule has 0 aliphatic carbocycles. The summed E-state index contributed by atoms with van der Waals surface area (Å²) < 4.78 is 6.51. The SMILES string of the molecule is CN1CCOC(CNC(=O)c2ccc(Br)cc2S)C1. The highest BCUT2D eigenvalue weighted by Crippen LogP contribution is 2.19. The highest BCUT2D eigenvalue weighted by molar-refractivity contribution is 9.10. The van der Waals surface area contributed by atoms with Crippen LogP contribution in [-0.4, -0.2) is 50.2 Å². The van der Waals surface area contributed by atoms with Crippen molar-refractivity contribution in [3.8, 4) is 0 Å². The molecule has 1 heterocycles. The summed E-state index contributed by atoms with van der Waals surface area (Å²) >= 11 is 7.66. The predicted octanol–water partition coefficient (Wildman–Crippen LogP) is 1.80. The van der Waals surface area contributed by atoms with Gasteiger partial charge in [-0.2, -0.15) is 0 Å². The van der Waals surface area contributed by atoms with E-state index < -0.39 is 0 Å². The highest BCUT2D eigenvalue weighted by Gasteiger charge is 2.19. The number of carbonyl (C=O) groups excluding carboxylic acids is 1. The lowest BCUT2D eigenvalue weighted by Crippen LogP contribution is -2.45. The number of ether oxygens (including phenoxy) is 1. The van der Waals surface area contributed by atoms with Crippen LogP contribution in [0.4, 0.5) is 0 Å². The van der Waals surface area contributed by atoms with Crippen molar-refractivity contribution in [3.63, 3.8) is 0 Å². The summed E-state index contributed by atoms with van der Waals surface area (Å²) in [6.45, 7) is 3.02. The minimum Gasteiger partial charge on any atom is -0.374 e. The van der Waals surface area contributed by atoms with Crippen LogP contribution >= 0.6 is 28.6 Å². The Morgan fingerprint density at radius 2 is 2.42 bits per heavy atom. The van der Waals surface area contributed by atoms with Gasteiger partial charge in [0.15, 0.2) is 0 Å². The summed E-state index contributed by atoms with van der Waals surface area (Å²) in [5.74, 6) is -0.116. The Labute approximate surface area is 127 Å². The molecule has 2 rings (SSSR count). The van der Waals surface area contributed by atoms with Crippen LogP contribution in [0.2, 0.25) is 0 Å². The molecule has 1 amide bonds. The van der Waals surface area contributed by atoms with Crippen molar-refractivity contribution in [1.29, 1.82) is 0 Å². The van der Waals surface area contributed by atoms with E-state index in [1.807, 2.05) is 12.1 Å². The number of halogens is 1. The number of amides is 1. The van der Waals surface area contributed by atoms with Gasteiger partial charge in [-0.05, 0) is 25.2 Å². The van der Waals surface area contributed by atoms with Gasteiger partial charge in [0, 0.05) is 29.0 Å². The Bertz CT molecular complexity index is 470. The standard InChI is InChI=1S/C13H17BrN2O2S/c1-16-4-5-18-10(8-16)7-15-13(17)11-3-2-9(14)6-12(11)19/h2-3,6,10,19H,4-5,7-8H2,1H3,(H,15,17). The third kappa shape index (κ3) is 4.21. The first-order valence-corrected chi connectivity index (χ1v) is 7.37. The first-order valence-electron chi connectivity index (χ1n) is 6.13. The highest BCUT2D eigenvalue weighted by atomic mass is 79.9. The van der Waals surface area contributed by atoms with Crippen molar-refractivity contribution in [2.24, 2.45) is 0 Å². The molecule has 1 fully saturated rings. The topological polar surface area (TPSA) is 41.6 Å². The van der Waals surface area contributed by atoms with Gasteiger partial charge in [-0.1, -0.05) is 15.9 Å². The van der Waals surface area contributed by atoms with Gasteiger partial charge in [-0.3, -0.25) is 4.79 Å². The fourth-order valence-corrected chi connectivity index (χ4v) is 2.84. The number of nitrogens with one attached hydrogen (secondary N) is 1. The second kappa shape index (κ2) is 6.74. The van der Waals surface area contributed by atoms with Gasteiger partial charge >= 0.3 is 0 Å². The molecular formula is C13H17BrN2O2S. The summed E-state index contributed by atoms with van der Waals surface area (Å²) in [5.41, 5.74) is 0.579. The van der Waals surface area contributed by atoms with Gasteiger partial charge in [0.1, 0.15) is 0 Å². The number of nitrogens with zero attached hydrogens (tertiary/aromatic N) is 1. The number of thiol groups is 1. The monoisotopic (exact) mass is 344 g/mol. The van der Waals surface area contributed by atoms with E-state index in [9.17, 15) is 4.79 Å². The van der Waals surface area contributed by atoms with Crippen molar-refractivity contribution < 1.29 is 9.53 Å². The maximum Gasteiger partial charge on any atom is 0.252 e. The number of hydrogen-bond acceptors (Lipinski definition) is 4. The van der Waals surface area contributed by atoms with Gasteiger partial charge in [0.2, 0.25) is 0 Å². The van der Waals surface area contributed by atoms with E-state index in [0.29, 0.717) is 23.6 Å². The van der Waals surface area contributed by atoms with Gasteiger partial charge in [0.25, 0.3) is 5.91 Å². The zero-order chi connectivity index (χ0) is 13.8. The normalized spacial score (nSPS) is 20.3. The van der Waals surface area contributed by atoms with Crippen LogP contribution in [0, 0.1) is 0 Å². The molecule has 19 heavy (non-hydrogen) atoms. The molecule has 1 saturated heterocycles. The molecular weight excluding hydrogens is 328 g/mol. The van der Waals surface area contributed by atoms with Crippen molar-refractivity contribution in [2.75, 3.05) is 33.3 Å². The maximum absolute atomic E-state index is 12.1. The van der Waals surface area contributed by atoms with Crippen LogP contribution in [0.25, 0.3) is 0 Å². The molecule has 4 nitrogen and oxygen atoms in total. The fourth-order valence-electron chi connectivity index (χ4n) is 1.99. The summed E-state index contributed by atoms with van der Waals surface area (Å²) in [5, 5.41) is 2.89. The second-order valence-electron chi connectivity index (χ2n) is 4.63. The average Bonchev–Trinajstić information content (AvgIpc) is 2.36. The van der Waals surface area contributed by atoms with Crippen molar-refractivity contribution >= 4 is 34.5 Å². The van der Waals surface area contributed by atoms with Crippen LogP contribution in [0.1, 0.15) is 10.4 Å². The maximum atomic E-state index is 12.1. The number of likely N-dealkylation sites (N-methyl/N-ethyl adjacent to an activating group) is 1. The van der Waals surface area contributed by atoms with Gasteiger partial charge in [-0.25, -0.2) is 0 Å². The number of morpholine rings is 1. The van der Waals surface area contributed by atoms with Crippen LogP contribution in [0.3, 0.4) is 0 Å². The number of benzene rings is 1. The lowest BCUT2D eigenvalue weighted by molar-refractivity contribution is -0.0175. The molecule has 1 aromatic rings. The van der Waals surface area contributed by atoms with E-state index in [4.69, 9.17) is 4.74 Å². The molecule has 1 aliphatic heterocycles. The van der Waals surface area contributed by atoms with Gasteiger partial charge in [-0.15, -0.1) is 12.6 Å². The van der Waals surface area contributed by atoms with E-state index in [1.54, 1.807) is 6.07 Å². The minimum atomic E-state index is -0.116. The minimum absolute atomic E-state index is 0.0570. The molecule has 0 spiro atoms. The van der Waals surface area contributed by atoms with E-state index in [1.165, 1.54) is 0 Å². The predicted molar refractivity (Wildman–Crippen MR) is 81.0 cm³/mol. The molecule has 1 aromatic carbocycles. The summed E-state index contributed by atoms with van der Waals surface area (Å²) in [6.07, 6.45) is 0.0570. The smallest absolute Gasteiger partial charge is 0.252 e. The Kier molecular flexibility index (Phi) is 5.27. The van der Waals surface area contributed by atoms with Gasteiger partial charge < -0.3 is 15.0 Å². The molecule has 104 valence electrons. The fraction of sp³-hybridized carbons (Fsp3) is 0.462. The zero-order valence-corrected chi connectivity index (χ0v) is 13.2. The Morgan fingerprint density at radius 1 is 1.63 bits per heavy atom. The molecule has 0 aromatic heterocycles. The summed E-state index contributed by atoms with van der Waals surface area (Å²) in [7, 11) is 2.05. The number of hydrogen-bond donors (Lipinski definition) is 2. The first-order chi connectivity index (χ1) is 9.06. The zero-order valence-electron chi connectivity index (χ0n) is 10.7. The van der Waals surface area contributed by atoms with E-state index in [2.05, 4.69) is 45.8 Å². The Morgan fingerprint density at radius 3 is 3.11 bits per heavy atom. The summed E-state index contributed by atoms with van der Waals surface area (Å²) in [4.78, 5) is 14.9. The van der Waals surface area contributed by atoms with E-state index >= 15 is 0 Å². The second-order valence-corrected chi connectivity index (χ2v) is 6.02. The lowest BCUT2D eigenvalue weighted by Gasteiger charge is -2.30. The molecule has 1 aliphatic rings. The van der Waals surface area contributed by atoms with Crippen LogP contribution in [0.5, 0.6) is 0 Å². The Hall–Kier alpha value is -0.560. The molecule has 1 N–H and O–H groups in total. The van der Waals surface area contributed by atoms with Crippen molar-refractivity contribution in [2.45, 2.75) is 11.0 Å². The lowest BCUT2D eigenvalue weighted by atomic mass is 10.2. The third-order valence-electron chi connectivity index (χ3n) is 3.04. The molecule has 0 radical (unpaired) electrons. The molecule has 1 unspecified atom stereocenters. The quantitative estimate of drug-likeness (QED) is 0.821. The van der Waals surface area contributed by atoms with Crippen LogP contribution < -0.4 is 5.32 Å². The summed E-state index contributed by atoms with van der Waals surface area (Å²) in [6, 6.07) is 5.40. The molecule has 6 heteroatoms. The number of carbonyl (C=O) groups is 1. The first kappa shape index (κ1) is 14.8. The third-order valence-corrected chi connectivity index (χ3v) is 3.90. The molecule has 0 bridgehead atoms. The van der Waals surface area contributed by atoms with Crippen LogP contribution in [-0.2, 0) is 4.74 Å². The van der Waals surface area contributed by atoms with E-state index in [-0.39, 0.29) is 12.0 Å². The van der Waals surface area contributed by atoms with Crippen molar-refractivity contribution in [3.05, 3.63) is 28.2 Å². The Balaban J connectivity index is 1.90. The average molecular weight is 345 g/mol.